The Kier molecular flexibility index (Phi) is 5.48. The number of hydrogen-bond donors (Lipinski definition) is 3. The molecule has 5 nitrogen and oxygen atoms in total. The molecule has 0 saturated carbocycles. The van der Waals surface area contributed by atoms with Crippen LogP contribution in [0.1, 0.15) is 25.3 Å². The molecular weight excluding hydrogens is 323 g/mol. The van der Waals surface area contributed by atoms with Crippen molar-refractivity contribution < 1.29 is 27.7 Å². The average Bonchev–Trinajstić information content (AvgIpc) is 2.53. The van der Waals surface area contributed by atoms with Gasteiger partial charge in [0.05, 0.1) is 18.7 Å². The molecule has 4 N–H and O–H groups in total. The third kappa shape index (κ3) is 4.47. The predicted molar refractivity (Wildman–Crippen MR) is 82.2 cm³/mol. The lowest BCUT2D eigenvalue weighted by molar-refractivity contribution is -0.919. The van der Waals surface area contributed by atoms with Crippen molar-refractivity contribution in [3.63, 3.8) is 0 Å². The van der Waals surface area contributed by atoms with Gasteiger partial charge < -0.3 is 16.0 Å². The van der Waals surface area contributed by atoms with Crippen LogP contribution in [0.4, 0.5) is 18.9 Å². The van der Waals surface area contributed by atoms with E-state index in [4.69, 9.17) is 5.73 Å². The third-order valence-corrected chi connectivity index (χ3v) is 4.49. The van der Waals surface area contributed by atoms with E-state index >= 15 is 0 Å². The second kappa shape index (κ2) is 7.21. The summed E-state index contributed by atoms with van der Waals surface area (Å²) in [6.45, 7) is 2.98. The summed E-state index contributed by atoms with van der Waals surface area (Å²) in [6, 6.07) is 4.13. The van der Waals surface area contributed by atoms with Crippen LogP contribution in [0.3, 0.4) is 0 Å². The normalized spacial score (nSPS) is 22.7. The smallest absolute Gasteiger partial charge is 0.369 e. The van der Waals surface area contributed by atoms with Gasteiger partial charge in [0.25, 0.3) is 5.91 Å². The zero-order valence-corrected chi connectivity index (χ0v) is 13.3. The number of carbonyl (C=O) groups is 2. The molecule has 0 spiro atoms. The van der Waals surface area contributed by atoms with Crippen LogP contribution in [-0.4, -0.2) is 30.9 Å². The van der Waals surface area contributed by atoms with Gasteiger partial charge in [-0.2, -0.15) is 13.2 Å². The van der Waals surface area contributed by atoms with Gasteiger partial charge >= 0.3 is 6.18 Å². The number of rotatable bonds is 4. The van der Waals surface area contributed by atoms with E-state index in [1.807, 2.05) is 0 Å². The number of piperidine rings is 1. The van der Waals surface area contributed by atoms with Gasteiger partial charge in [0.15, 0.2) is 6.04 Å². The highest BCUT2D eigenvalue weighted by Gasteiger charge is 2.33. The summed E-state index contributed by atoms with van der Waals surface area (Å²) in [5, 5.41) is 2.53. The van der Waals surface area contributed by atoms with Gasteiger partial charge in [0.2, 0.25) is 5.91 Å². The number of nitrogens with one attached hydrogen (secondary N) is 2. The first kappa shape index (κ1) is 18.3. The number of carbonyl (C=O) groups excluding carboxylic acids is 2. The molecular formula is C16H21F3N3O2+. The van der Waals surface area contributed by atoms with Gasteiger partial charge in [-0.3, -0.25) is 9.59 Å². The lowest BCUT2D eigenvalue weighted by atomic mass is 9.95. The van der Waals surface area contributed by atoms with Gasteiger partial charge in [0, 0.05) is 24.4 Å². The second-order valence-electron chi connectivity index (χ2n) is 6.12. The average molecular weight is 344 g/mol. The number of primary amides is 1. The van der Waals surface area contributed by atoms with Crippen LogP contribution < -0.4 is 16.0 Å². The van der Waals surface area contributed by atoms with E-state index in [0.29, 0.717) is 25.9 Å². The van der Waals surface area contributed by atoms with E-state index in [2.05, 4.69) is 5.32 Å². The Bertz CT molecular complexity index is 611. The number of alkyl halides is 3. The van der Waals surface area contributed by atoms with Gasteiger partial charge in [-0.15, -0.1) is 0 Å². The monoisotopic (exact) mass is 344 g/mol. The number of hydrogen-bond acceptors (Lipinski definition) is 2. The van der Waals surface area contributed by atoms with Crippen molar-refractivity contribution in [1.29, 1.82) is 0 Å². The molecule has 1 aliphatic rings. The van der Waals surface area contributed by atoms with Crippen molar-refractivity contribution in [1.82, 2.24) is 0 Å². The second-order valence-corrected chi connectivity index (χ2v) is 6.12. The van der Waals surface area contributed by atoms with E-state index in [1.165, 1.54) is 12.1 Å². The summed E-state index contributed by atoms with van der Waals surface area (Å²) in [6.07, 6.45) is -3.22. The van der Waals surface area contributed by atoms with Crippen LogP contribution in [-0.2, 0) is 15.8 Å². The Morgan fingerprint density at radius 2 is 1.92 bits per heavy atom. The first-order chi connectivity index (χ1) is 11.2. The predicted octanol–water partition coefficient (Wildman–Crippen LogP) is 0.813. The molecule has 132 valence electrons. The number of quaternary nitrogens is 1. The number of anilines is 1. The SMILES string of the molecule is C[C@@H](C(=O)Nc1cccc(C(F)(F)F)c1)[NH+]1CCC(C(N)=O)CC1. The molecule has 2 amide bonds. The van der Waals surface area contributed by atoms with Crippen molar-refractivity contribution in [2.24, 2.45) is 11.7 Å². The van der Waals surface area contributed by atoms with E-state index in [1.54, 1.807) is 6.92 Å². The highest BCUT2D eigenvalue weighted by molar-refractivity contribution is 5.93. The van der Waals surface area contributed by atoms with E-state index in [0.717, 1.165) is 17.0 Å². The maximum atomic E-state index is 12.7. The summed E-state index contributed by atoms with van der Waals surface area (Å²) < 4.78 is 38.1. The molecule has 0 unspecified atom stereocenters. The van der Waals surface area contributed by atoms with Crippen LogP contribution in [0, 0.1) is 5.92 Å². The molecule has 24 heavy (non-hydrogen) atoms. The van der Waals surface area contributed by atoms with Crippen molar-refractivity contribution in [3.8, 4) is 0 Å². The molecule has 0 bridgehead atoms. The van der Waals surface area contributed by atoms with Crippen molar-refractivity contribution in [3.05, 3.63) is 29.8 Å². The largest absolute Gasteiger partial charge is 0.416 e. The number of benzene rings is 1. The molecule has 1 aromatic rings. The zero-order valence-electron chi connectivity index (χ0n) is 13.3. The Labute approximate surface area is 138 Å². The fourth-order valence-corrected chi connectivity index (χ4v) is 2.92. The molecule has 0 radical (unpaired) electrons. The van der Waals surface area contributed by atoms with Crippen molar-refractivity contribution in [2.75, 3.05) is 18.4 Å². The number of likely N-dealkylation sites (tertiary alicyclic amines) is 1. The minimum atomic E-state index is -4.45. The number of amides is 2. The summed E-state index contributed by atoms with van der Waals surface area (Å²) in [4.78, 5) is 24.4. The van der Waals surface area contributed by atoms with Gasteiger partial charge in [0.1, 0.15) is 0 Å². The Morgan fingerprint density at radius 3 is 2.46 bits per heavy atom. The minimum Gasteiger partial charge on any atom is -0.369 e. The molecule has 1 fully saturated rings. The third-order valence-electron chi connectivity index (χ3n) is 4.49. The molecule has 0 aliphatic carbocycles. The molecule has 2 rings (SSSR count). The zero-order chi connectivity index (χ0) is 17.9. The van der Waals surface area contributed by atoms with E-state index in [9.17, 15) is 22.8 Å². The van der Waals surface area contributed by atoms with Crippen LogP contribution in [0.25, 0.3) is 0 Å². The summed E-state index contributed by atoms with van der Waals surface area (Å²) in [5.74, 6) is -0.829. The van der Waals surface area contributed by atoms with Crippen molar-refractivity contribution in [2.45, 2.75) is 32.0 Å². The maximum absolute atomic E-state index is 12.7. The first-order valence-corrected chi connectivity index (χ1v) is 7.80. The highest BCUT2D eigenvalue weighted by Crippen LogP contribution is 2.30. The van der Waals surface area contributed by atoms with Crippen LogP contribution in [0.15, 0.2) is 24.3 Å². The Morgan fingerprint density at radius 1 is 1.29 bits per heavy atom. The molecule has 1 aliphatic heterocycles. The molecule has 1 heterocycles. The minimum absolute atomic E-state index is 0.119. The molecule has 1 saturated heterocycles. The van der Waals surface area contributed by atoms with Crippen LogP contribution in [0.2, 0.25) is 0 Å². The topological polar surface area (TPSA) is 76.6 Å². The van der Waals surface area contributed by atoms with Gasteiger partial charge in [-0.1, -0.05) is 6.07 Å². The maximum Gasteiger partial charge on any atom is 0.416 e. The van der Waals surface area contributed by atoms with E-state index in [-0.39, 0.29) is 23.4 Å². The summed E-state index contributed by atoms with van der Waals surface area (Å²) in [5.41, 5.74) is 4.60. The lowest BCUT2D eigenvalue weighted by Crippen LogP contribution is -3.17. The fraction of sp³-hybridized carbons (Fsp3) is 0.500. The first-order valence-electron chi connectivity index (χ1n) is 7.80. The summed E-state index contributed by atoms with van der Waals surface area (Å²) >= 11 is 0. The standard InChI is InChI=1S/C16H20F3N3O2/c1-10(22-7-5-11(6-8-22)14(20)23)15(24)21-13-4-2-3-12(9-13)16(17,18)19/h2-4,9-11H,5-8H2,1H3,(H2,20,23)(H,21,24)/p+1/t10-/m0/s1. The van der Waals surface area contributed by atoms with Crippen molar-refractivity contribution >= 4 is 17.5 Å². The number of nitrogens with two attached hydrogens (primary N) is 1. The molecule has 0 aromatic heterocycles. The Balaban J connectivity index is 1.96. The van der Waals surface area contributed by atoms with E-state index < -0.39 is 17.8 Å². The quantitative estimate of drug-likeness (QED) is 0.756. The summed E-state index contributed by atoms with van der Waals surface area (Å²) in [7, 11) is 0. The van der Waals surface area contributed by atoms with Crippen LogP contribution >= 0.6 is 0 Å². The lowest BCUT2D eigenvalue weighted by Gasteiger charge is -2.31. The number of halogens is 3. The van der Waals surface area contributed by atoms with Crippen LogP contribution in [0.5, 0.6) is 0 Å². The molecule has 1 atom stereocenters. The van der Waals surface area contributed by atoms with Gasteiger partial charge in [-0.05, 0) is 25.1 Å². The highest BCUT2D eigenvalue weighted by atomic mass is 19.4. The Hall–Kier alpha value is -2.09. The molecule has 1 aromatic carbocycles. The fourth-order valence-electron chi connectivity index (χ4n) is 2.92. The molecule has 8 heteroatoms. The van der Waals surface area contributed by atoms with Gasteiger partial charge in [-0.25, -0.2) is 0 Å².